The Hall–Kier alpha value is -2.43. The number of likely N-dealkylation sites (N-methyl/N-ethyl adjacent to an activating group) is 1. The summed E-state index contributed by atoms with van der Waals surface area (Å²) in [5.41, 5.74) is 1.02. The van der Waals surface area contributed by atoms with Crippen LogP contribution < -0.4 is 20.1 Å². The molecule has 0 radical (unpaired) electrons. The highest BCUT2D eigenvalue weighted by atomic mass is 16.5. The Morgan fingerprint density at radius 2 is 2.04 bits per heavy atom. The second-order valence-corrected chi connectivity index (χ2v) is 6.25. The molecule has 0 heterocycles. The monoisotopic (exact) mass is 390 g/mol. The minimum absolute atomic E-state index is 0.200. The molecule has 1 aromatic carbocycles. The summed E-state index contributed by atoms with van der Waals surface area (Å²) in [6.07, 6.45) is 6.31. The van der Waals surface area contributed by atoms with Gasteiger partial charge in [0.2, 0.25) is 0 Å². The molecule has 7 nitrogen and oxygen atoms in total. The quantitative estimate of drug-likeness (QED) is 0.231. The molecule has 0 amide bonds. The second kappa shape index (κ2) is 14.6. The topological polar surface area (TPSA) is 67.4 Å². The maximum absolute atomic E-state index is 5.55. The first-order chi connectivity index (χ1) is 13.6. The summed E-state index contributed by atoms with van der Waals surface area (Å²) < 4.78 is 15.9. The molecule has 1 rings (SSSR count). The lowest BCUT2D eigenvalue weighted by atomic mass is 10.2. The number of methoxy groups -OCH3 is 2. The van der Waals surface area contributed by atoms with Crippen LogP contribution in [0.2, 0.25) is 0 Å². The van der Waals surface area contributed by atoms with Gasteiger partial charge < -0.3 is 29.7 Å². The summed E-state index contributed by atoms with van der Waals surface area (Å²) >= 11 is 0. The number of benzene rings is 1. The van der Waals surface area contributed by atoms with Crippen molar-refractivity contribution in [3.63, 3.8) is 0 Å². The number of ether oxygens (including phenoxy) is 3. The molecule has 28 heavy (non-hydrogen) atoms. The predicted molar refractivity (Wildman–Crippen MR) is 114 cm³/mol. The van der Waals surface area contributed by atoms with E-state index in [2.05, 4.69) is 33.5 Å². The Kier molecular flexibility index (Phi) is 12.3. The third kappa shape index (κ3) is 9.49. The van der Waals surface area contributed by atoms with Crippen LogP contribution in [0.3, 0.4) is 0 Å². The minimum Gasteiger partial charge on any atom is -0.493 e. The molecule has 0 spiro atoms. The van der Waals surface area contributed by atoms with E-state index < -0.39 is 0 Å². The highest BCUT2D eigenvalue weighted by molar-refractivity contribution is 5.79. The van der Waals surface area contributed by atoms with E-state index in [1.165, 1.54) is 0 Å². The van der Waals surface area contributed by atoms with Crippen LogP contribution in [0.1, 0.15) is 18.9 Å². The zero-order valence-corrected chi connectivity index (χ0v) is 17.6. The molecule has 0 aromatic heterocycles. The highest BCUT2D eigenvalue weighted by Crippen LogP contribution is 2.28. The first-order valence-corrected chi connectivity index (χ1v) is 9.57. The Morgan fingerprint density at radius 3 is 2.71 bits per heavy atom. The fourth-order valence-electron chi connectivity index (χ4n) is 2.52. The van der Waals surface area contributed by atoms with Gasteiger partial charge in [-0.15, -0.1) is 6.42 Å². The van der Waals surface area contributed by atoms with E-state index in [0.29, 0.717) is 18.0 Å². The van der Waals surface area contributed by atoms with Crippen LogP contribution in [0.4, 0.5) is 0 Å². The standard InChI is InChI=1S/C21H34N4O3/c1-6-14-28-20-16-18(9-10-19(20)27-5)17-24-21(22-7-2)23-11-13-25(3)12-8-15-26-4/h1,9-10,16H,7-8,11-15,17H2,2-5H3,(H2,22,23,24). The van der Waals surface area contributed by atoms with Gasteiger partial charge in [-0.05, 0) is 38.1 Å². The van der Waals surface area contributed by atoms with Gasteiger partial charge in [0.1, 0.15) is 6.61 Å². The summed E-state index contributed by atoms with van der Waals surface area (Å²) in [5, 5.41) is 6.64. The van der Waals surface area contributed by atoms with Crippen molar-refractivity contribution in [3.05, 3.63) is 23.8 Å². The van der Waals surface area contributed by atoms with Crippen molar-refractivity contribution in [2.75, 3.05) is 60.7 Å². The van der Waals surface area contributed by atoms with Gasteiger partial charge >= 0.3 is 0 Å². The van der Waals surface area contributed by atoms with E-state index in [1.54, 1.807) is 14.2 Å². The zero-order chi connectivity index (χ0) is 20.6. The van der Waals surface area contributed by atoms with Crippen molar-refractivity contribution in [2.45, 2.75) is 19.9 Å². The van der Waals surface area contributed by atoms with Gasteiger partial charge in [-0.1, -0.05) is 12.0 Å². The van der Waals surface area contributed by atoms with Crippen LogP contribution in [0.15, 0.2) is 23.2 Å². The van der Waals surface area contributed by atoms with E-state index >= 15 is 0 Å². The van der Waals surface area contributed by atoms with Crippen molar-refractivity contribution >= 4 is 5.96 Å². The van der Waals surface area contributed by atoms with Crippen LogP contribution in [-0.4, -0.2) is 71.5 Å². The van der Waals surface area contributed by atoms with Gasteiger partial charge in [0.15, 0.2) is 17.5 Å². The maximum Gasteiger partial charge on any atom is 0.191 e. The summed E-state index contributed by atoms with van der Waals surface area (Å²) in [7, 11) is 5.44. The second-order valence-electron chi connectivity index (χ2n) is 6.25. The lowest BCUT2D eigenvalue weighted by Crippen LogP contribution is -2.41. The first kappa shape index (κ1) is 23.6. The SMILES string of the molecule is C#CCOc1cc(CN=C(NCC)NCCN(C)CCCOC)ccc1OC. The van der Waals surface area contributed by atoms with Gasteiger partial charge in [-0.3, -0.25) is 0 Å². The zero-order valence-electron chi connectivity index (χ0n) is 17.6. The summed E-state index contributed by atoms with van der Waals surface area (Å²) in [6, 6.07) is 5.75. The number of terminal acetylenes is 1. The highest BCUT2D eigenvalue weighted by Gasteiger charge is 2.06. The molecule has 0 aliphatic rings. The van der Waals surface area contributed by atoms with Crippen molar-refractivity contribution in [2.24, 2.45) is 4.99 Å². The van der Waals surface area contributed by atoms with Crippen LogP contribution in [-0.2, 0) is 11.3 Å². The maximum atomic E-state index is 5.55. The molecule has 0 atom stereocenters. The lowest BCUT2D eigenvalue weighted by molar-refractivity contribution is 0.180. The Balaban J connectivity index is 2.60. The van der Waals surface area contributed by atoms with Crippen LogP contribution in [0.5, 0.6) is 11.5 Å². The van der Waals surface area contributed by atoms with Gasteiger partial charge in [0.05, 0.1) is 13.7 Å². The number of aliphatic imine (C=N–C) groups is 1. The Labute approximate surface area is 169 Å². The molecule has 7 heteroatoms. The number of hydrogen-bond acceptors (Lipinski definition) is 5. The average Bonchev–Trinajstić information content (AvgIpc) is 2.70. The fourth-order valence-corrected chi connectivity index (χ4v) is 2.52. The van der Waals surface area contributed by atoms with Crippen molar-refractivity contribution < 1.29 is 14.2 Å². The molecular weight excluding hydrogens is 356 g/mol. The molecule has 2 N–H and O–H groups in total. The number of rotatable bonds is 13. The van der Waals surface area contributed by atoms with E-state index in [1.807, 2.05) is 25.1 Å². The van der Waals surface area contributed by atoms with Gasteiger partial charge in [-0.2, -0.15) is 0 Å². The van der Waals surface area contributed by atoms with E-state index in [-0.39, 0.29) is 6.61 Å². The lowest BCUT2D eigenvalue weighted by Gasteiger charge is -2.18. The van der Waals surface area contributed by atoms with Gasteiger partial charge in [0, 0.05) is 39.9 Å². The van der Waals surface area contributed by atoms with Crippen LogP contribution >= 0.6 is 0 Å². The van der Waals surface area contributed by atoms with E-state index in [0.717, 1.165) is 50.7 Å². The first-order valence-electron chi connectivity index (χ1n) is 9.57. The van der Waals surface area contributed by atoms with E-state index in [9.17, 15) is 0 Å². The number of guanidine groups is 1. The van der Waals surface area contributed by atoms with Crippen LogP contribution in [0, 0.1) is 12.3 Å². The van der Waals surface area contributed by atoms with Crippen LogP contribution in [0.25, 0.3) is 0 Å². The molecule has 0 aliphatic carbocycles. The Bertz CT molecular complexity index is 629. The number of nitrogens with one attached hydrogen (secondary N) is 2. The predicted octanol–water partition coefficient (Wildman–Crippen LogP) is 1.73. The molecule has 0 fully saturated rings. The number of hydrogen-bond donors (Lipinski definition) is 2. The largest absolute Gasteiger partial charge is 0.493 e. The summed E-state index contributed by atoms with van der Waals surface area (Å²) in [5.74, 6) is 4.54. The third-order valence-corrected chi connectivity index (χ3v) is 3.98. The average molecular weight is 391 g/mol. The molecule has 156 valence electrons. The summed E-state index contributed by atoms with van der Waals surface area (Å²) in [4.78, 5) is 6.92. The molecule has 0 unspecified atom stereocenters. The van der Waals surface area contributed by atoms with Crippen molar-refractivity contribution in [1.29, 1.82) is 0 Å². The number of nitrogens with zero attached hydrogens (tertiary/aromatic N) is 2. The molecule has 0 saturated heterocycles. The molecular formula is C21H34N4O3. The van der Waals surface area contributed by atoms with E-state index in [4.69, 9.17) is 20.6 Å². The molecule has 0 aliphatic heterocycles. The fraction of sp³-hybridized carbons (Fsp3) is 0.571. The van der Waals surface area contributed by atoms with Gasteiger partial charge in [-0.25, -0.2) is 4.99 Å². The van der Waals surface area contributed by atoms with Crippen molar-refractivity contribution in [1.82, 2.24) is 15.5 Å². The molecule has 0 bridgehead atoms. The third-order valence-electron chi connectivity index (χ3n) is 3.98. The Morgan fingerprint density at radius 1 is 1.21 bits per heavy atom. The van der Waals surface area contributed by atoms with Gasteiger partial charge in [0.25, 0.3) is 0 Å². The molecule has 1 aromatic rings. The van der Waals surface area contributed by atoms with Crippen molar-refractivity contribution in [3.8, 4) is 23.8 Å². The normalized spacial score (nSPS) is 11.2. The minimum atomic E-state index is 0.200. The summed E-state index contributed by atoms with van der Waals surface area (Å²) in [6.45, 7) is 7.12. The smallest absolute Gasteiger partial charge is 0.191 e. The molecule has 0 saturated carbocycles.